The number of nitrogens with zero attached hydrogens (tertiary/aromatic N) is 1. The van der Waals surface area contributed by atoms with Crippen LogP contribution in [0.15, 0.2) is 48.7 Å². The number of hydrogen-bond donors (Lipinski definition) is 0. The number of aldehydes is 1. The molecule has 0 saturated carbocycles. The molecule has 1 heterocycles. The van der Waals surface area contributed by atoms with Crippen LogP contribution in [0.5, 0.6) is 5.75 Å². The number of fused-ring (bicyclic) bond motifs is 1. The smallest absolute Gasteiger partial charge is 0.126 e. The van der Waals surface area contributed by atoms with Gasteiger partial charge >= 0.3 is 0 Å². The largest absolute Gasteiger partial charge is 0.496 e. The molecule has 136 valence electrons. The molecule has 0 unspecified atom stereocenters. The van der Waals surface area contributed by atoms with Crippen molar-refractivity contribution in [2.75, 3.05) is 7.11 Å². The summed E-state index contributed by atoms with van der Waals surface area (Å²) in [5.41, 5.74) is 4.50. The number of ether oxygens (including phenoxy) is 1. The highest BCUT2D eigenvalue weighted by atomic mass is 16.5. The van der Waals surface area contributed by atoms with Crippen LogP contribution in [0, 0.1) is 0 Å². The van der Waals surface area contributed by atoms with Crippen LogP contribution in [0.1, 0.15) is 38.2 Å². The Hall–Kier alpha value is -2.55. The second-order valence-corrected chi connectivity index (χ2v) is 6.71. The van der Waals surface area contributed by atoms with Crippen molar-refractivity contribution in [3.05, 3.63) is 54.2 Å². The summed E-state index contributed by atoms with van der Waals surface area (Å²) >= 11 is 0. The van der Waals surface area contributed by atoms with E-state index in [4.69, 9.17) is 4.74 Å². The first-order chi connectivity index (χ1) is 12.8. The molecule has 0 amide bonds. The van der Waals surface area contributed by atoms with Crippen molar-refractivity contribution in [1.82, 2.24) is 4.57 Å². The number of carbonyl (C=O) groups excluding carboxylic acids is 1. The fraction of sp³-hybridized carbons (Fsp3) is 0.348. The Morgan fingerprint density at radius 3 is 2.69 bits per heavy atom. The molecule has 3 nitrogen and oxygen atoms in total. The molecule has 26 heavy (non-hydrogen) atoms. The van der Waals surface area contributed by atoms with Gasteiger partial charge in [-0.3, -0.25) is 0 Å². The summed E-state index contributed by atoms with van der Waals surface area (Å²) < 4.78 is 7.81. The number of methoxy groups -OCH3 is 1. The summed E-state index contributed by atoms with van der Waals surface area (Å²) in [6, 6.07) is 14.6. The van der Waals surface area contributed by atoms with E-state index in [0.717, 1.165) is 40.7 Å². The Bertz CT molecular complexity index is 879. The lowest BCUT2D eigenvalue weighted by Gasteiger charge is -2.10. The minimum atomic E-state index is 0.452. The monoisotopic (exact) mass is 349 g/mol. The minimum absolute atomic E-state index is 0.452. The van der Waals surface area contributed by atoms with Crippen molar-refractivity contribution < 1.29 is 9.53 Å². The van der Waals surface area contributed by atoms with E-state index in [1.807, 2.05) is 18.2 Å². The molecule has 0 spiro atoms. The van der Waals surface area contributed by atoms with Gasteiger partial charge in [0.05, 0.1) is 7.11 Å². The fourth-order valence-corrected chi connectivity index (χ4v) is 3.57. The normalized spacial score (nSPS) is 11.0. The maximum absolute atomic E-state index is 11.2. The van der Waals surface area contributed by atoms with Gasteiger partial charge in [0.25, 0.3) is 0 Å². The number of carbonyl (C=O) groups is 1. The van der Waals surface area contributed by atoms with Crippen LogP contribution < -0.4 is 4.74 Å². The lowest BCUT2D eigenvalue weighted by atomic mass is 10.0. The summed E-state index contributed by atoms with van der Waals surface area (Å²) in [6.45, 7) is 3.23. The van der Waals surface area contributed by atoms with Crippen LogP contribution in [-0.2, 0) is 17.8 Å². The molecule has 3 rings (SSSR count). The van der Waals surface area contributed by atoms with Gasteiger partial charge < -0.3 is 14.1 Å². The van der Waals surface area contributed by atoms with E-state index in [1.165, 1.54) is 31.2 Å². The summed E-state index contributed by atoms with van der Waals surface area (Å²) in [6.07, 6.45) is 8.53. The zero-order valence-corrected chi connectivity index (χ0v) is 15.7. The van der Waals surface area contributed by atoms with E-state index in [-0.39, 0.29) is 0 Å². The highest BCUT2D eigenvalue weighted by Crippen LogP contribution is 2.33. The maximum Gasteiger partial charge on any atom is 0.126 e. The van der Waals surface area contributed by atoms with Crippen LogP contribution in [0.4, 0.5) is 0 Å². The van der Waals surface area contributed by atoms with Crippen molar-refractivity contribution in [3.63, 3.8) is 0 Å². The van der Waals surface area contributed by atoms with E-state index in [1.54, 1.807) is 7.11 Å². The first-order valence-electron chi connectivity index (χ1n) is 9.47. The van der Waals surface area contributed by atoms with Gasteiger partial charge in [-0.25, -0.2) is 0 Å². The Kier molecular flexibility index (Phi) is 6.11. The molecule has 1 aromatic heterocycles. The molecular weight excluding hydrogens is 322 g/mol. The molecule has 0 bridgehead atoms. The van der Waals surface area contributed by atoms with Crippen LogP contribution in [0.25, 0.3) is 22.0 Å². The first kappa shape index (κ1) is 18.2. The molecule has 0 aliphatic heterocycles. The van der Waals surface area contributed by atoms with Gasteiger partial charge in [-0.05, 0) is 35.7 Å². The molecule has 0 aliphatic carbocycles. The second-order valence-electron chi connectivity index (χ2n) is 6.71. The molecule has 0 saturated heterocycles. The number of rotatable bonds is 9. The maximum atomic E-state index is 11.2. The topological polar surface area (TPSA) is 31.2 Å². The lowest BCUT2D eigenvalue weighted by molar-refractivity contribution is -0.107. The third-order valence-corrected chi connectivity index (χ3v) is 4.94. The van der Waals surface area contributed by atoms with Gasteiger partial charge in [-0.2, -0.15) is 0 Å². The summed E-state index contributed by atoms with van der Waals surface area (Å²) in [5.74, 6) is 0.864. The highest BCUT2D eigenvalue weighted by Gasteiger charge is 2.11. The van der Waals surface area contributed by atoms with Crippen LogP contribution in [0.2, 0.25) is 0 Å². The zero-order chi connectivity index (χ0) is 18.4. The molecule has 3 aromatic rings. The second kappa shape index (κ2) is 8.70. The van der Waals surface area contributed by atoms with Gasteiger partial charge in [0.15, 0.2) is 0 Å². The average Bonchev–Trinajstić information content (AvgIpc) is 3.02. The highest BCUT2D eigenvalue weighted by molar-refractivity contribution is 5.90. The standard InChI is InChI=1S/C23H27NO2/c1-3-4-5-8-14-24-17-19(13-15-25)21-16-18(11-12-22(21)24)20-9-6-7-10-23(20)26-2/h6-7,9-12,15-17H,3-5,8,13-14H2,1-2H3. The summed E-state index contributed by atoms with van der Waals surface area (Å²) in [5, 5.41) is 1.16. The van der Waals surface area contributed by atoms with Crippen LogP contribution >= 0.6 is 0 Å². The number of unbranched alkanes of at least 4 members (excludes halogenated alkanes) is 3. The molecule has 0 aliphatic rings. The molecule has 0 radical (unpaired) electrons. The lowest BCUT2D eigenvalue weighted by Crippen LogP contribution is -1.96. The third kappa shape index (κ3) is 3.82. The van der Waals surface area contributed by atoms with Crippen molar-refractivity contribution in [2.45, 2.75) is 45.6 Å². The van der Waals surface area contributed by atoms with E-state index >= 15 is 0 Å². The number of benzene rings is 2. The summed E-state index contributed by atoms with van der Waals surface area (Å²) in [4.78, 5) is 11.2. The molecule has 0 fully saturated rings. The van der Waals surface area contributed by atoms with E-state index in [0.29, 0.717) is 6.42 Å². The number of aromatic nitrogens is 1. The predicted octanol–water partition coefficient (Wildman–Crippen LogP) is 5.64. The van der Waals surface area contributed by atoms with Crippen LogP contribution in [-0.4, -0.2) is 18.0 Å². The van der Waals surface area contributed by atoms with Gasteiger partial charge in [0.1, 0.15) is 12.0 Å². The number of para-hydroxylation sites is 1. The third-order valence-electron chi connectivity index (χ3n) is 4.94. The summed E-state index contributed by atoms with van der Waals surface area (Å²) in [7, 11) is 1.70. The Labute approximate surface area is 155 Å². The van der Waals surface area contributed by atoms with Gasteiger partial charge in [-0.1, -0.05) is 50.5 Å². The minimum Gasteiger partial charge on any atom is -0.496 e. The van der Waals surface area contributed by atoms with E-state index in [2.05, 4.69) is 42.0 Å². The predicted molar refractivity (Wildman–Crippen MR) is 108 cm³/mol. The number of aryl methyl sites for hydroxylation is 1. The Morgan fingerprint density at radius 1 is 1.08 bits per heavy atom. The van der Waals surface area contributed by atoms with Crippen molar-refractivity contribution in [2.24, 2.45) is 0 Å². The zero-order valence-electron chi connectivity index (χ0n) is 15.7. The van der Waals surface area contributed by atoms with E-state index < -0.39 is 0 Å². The van der Waals surface area contributed by atoms with Crippen molar-refractivity contribution >= 4 is 17.2 Å². The molecule has 0 atom stereocenters. The molecule has 0 N–H and O–H groups in total. The van der Waals surface area contributed by atoms with Crippen LogP contribution in [0.3, 0.4) is 0 Å². The Balaban J connectivity index is 1.99. The first-order valence-corrected chi connectivity index (χ1v) is 9.47. The molecule has 2 aromatic carbocycles. The van der Waals surface area contributed by atoms with Gasteiger partial charge in [0, 0.05) is 35.6 Å². The fourth-order valence-electron chi connectivity index (χ4n) is 3.57. The van der Waals surface area contributed by atoms with Gasteiger partial charge in [0.2, 0.25) is 0 Å². The van der Waals surface area contributed by atoms with Gasteiger partial charge in [-0.15, -0.1) is 0 Å². The molecule has 3 heteroatoms. The van der Waals surface area contributed by atoms with Crippen molar-refractivity contribution in [1.29, 1.82) is 0 Å². The Morgan fingerprint density at radius 2 is 1.92 bits per heavy atom. The van der Waals surface area contributed by atoms with E-state index in [9.17, 15) is 4.79 Å². The average molecular weight is 349 g/mol. The number of hydrogen-bond acceptors (Lipinski definition) is 2. The SMILES string of the molecule is CCCCCCn1cc(CC=O)c2cc(-c3ccccc3OC)ccc21. The molecular formula is C23H27NO2. The quantitative estimate of drug-likeness (QED) is 0.370. The van der Waals surface area contributed by atoms with Crippen molar-refractivity contribution in [3.8, 4) is 16.9 Å².